The van der Waals surface area contributed by atoms with E-state index in [1.54, 1.807) is 17.0 Å². The fraction of sp³-hybridized carbons (Fsp3) is 0.533. The van der Waals surface area contributed by atoms with Crippen LogP contribution in [0.15, 0.2) is 18.2 Å². The van der Waals surface area contributed by atoms with Crippen molar-refractivity contribution in [1.82, 2.24) is 10.2 Å². The molecule has 0 saturated carbocycles. The Morgan fingerprint density at radius 3 is 2.28 bits per heavy atom. The molecule has 0 bridgehead atoms. The highest BCUT2D eigenvalue weighted by Crippen LogP contribution is 2.32. The molecule has 10 heteroatoms. The number of nitro benzene ring substituents is 1. The van der Waals surface area contributed by atoms with E-state index in [1.165, 1.54) is 6.07 Å². The van der Waals surface area contributed by atoms with Crippen LogP contribution in [0.25, 0.3) is 0 Å². The predicted octanol–water partition coefficient (Wildman–Crippen LogP) is 2.59. The van der Waals surface area contributed by atoms with Crippen LogP contribution in [0.2, 0.25) is 0 Å². The Morgan fingerprint density at radius 1 is 1.20 bits per heavy atom. The normalized spacial score (nSPS) is 10.3. The lowest BCUT2D eigenvalue weighted by Crippen LogP contribution is -2.32. The number of nitro groups is 1. The van der Waals surface area contributed by atoms with Gasteiger partial charge in [0.05, 0.1) is 4.92 Å². The van der Waals surface area contributed by atoms with Gasteiger partial charge in [-0.3, -0.25) is 14.9 Å². The second-order valence-corrected chi connectivity index (χ2v) is 6.11. The van der Waals surface area contributed by atoms with Crippen molar-refractivity contribution >= 4 is 52.9 Å². The Bertz CT molecular complexity index is 567. The van der Waals surface area contributed by atoms with E-state index in [1.807, 2.05) is 19.0 Å². The van der Waals surface area contributed by atoms with Crippen LogP contribution in [0, 0.1) is 10.1 Å². The maximum Gasteiger partial charge on any atom is 0.305 e. The number of carbonyl (C=O) groups is 1. The van der Waals surface area contributed by atoms with Crippen molar-refractivity contribution in [3.8, 4) is 0 Å². The first-order valence-corrected chi connectivity index (χ1v) is 8.56. The van der Waals surface area contributed by atoms with Crippen LogP contribution in [0.3, 0.4) is 0 Å². The summed E-state index contributed by atoms with van der Waals surface area (Å²) in [6.07, 6.45) is 0. The van der Waals surface area contributed by atoms with Crippen molar-refractivity contribution in [3.63, 3.8) is 0 Å². The molecule has 7 nitrogen and oxygen atoms in total. The number of hydrogen-bond acceptors (Lipinski definition) is 5. The average molecular weight is 414 g/mol. The summed E-state index contributed by atoms with van der Waals surface area (Å²) < 4.78 is 0. The molecule has 0 saturated heterocycles. The predicted molar refractivity (Wildman–Crippen MR) is 105 cm³/mol. The summed E-state index contributed by atoms with van der Waals surface area (Å²) in [6, 6.07) is 4.68. The number of halogens is 3. The molecular weight excluding hydrogens is 391 g/mol. The van der Waals surface area contributed by atoms with Crippen LogP contribution in [0.4, 0.5) is 11.4 Å². The zero-order chi connectivity index (χ0) is 18.1. The van der Waals surface area contributed by atoms with Crippen molar-refractivity contribution in [2.24, 2.45) is 0 Å². The number of carbonyl (C=O) groups excluding carboxylic acids is 1. The van der Waals surface area contributed by atoms with E-state index in [0.717, 1.165) is 0 Å². The first-order valence-electron chi connectivity index (χ1n) is 7.49. The first kappa shape index (κ1) is 23.7. The molecule has 142 valence electrons. The van der Waals surface area contributed by atoms with E-state index in [4.69, 9.17) is 23.2 Å². The summed E-state index contributed by atoms with van der Waals surface area (Å²) in [5.41, 5.74) is 0.155. The molecule has 0 fully saturated rings. The summed E-state index contributed by atoms with van der Waals surface area (Å²) in [7, 11) is 3.76. The van der Waals surface area contributed by atoms with Gasteiger partial charge >= 0.3 is 5.69 Å². The fourth-order valence-electron chi connectivity index (χ4n) is 2.21. The van der Waals surface area contributed by atoms with Crippen LogP contribution in [-0.2, 0) is 0 Å². The van der Waals surface area contributed by atoms with Crippen molar-refractivity contribution in [2.75, 3.05) is 56.9 Å². The molecule has 0 aliphatic carbocycles. The third kappa shape index (κ3) is 7.23. The van der Waals surface area contributed by atoms with E-state index in [2.05, 4.69) is 5.32 Å². The van der Waals surface area contributed by atoms with Gasteiger partial charge in [-0.05, 0) is 26.2 Å². The fourth-order valence-corrected chi connectivity index (χ4v) is 2.61. The zero-order valence-corrected chi connectivity index (χ0v) is 16.5. The molecule has 0 aromatic heterocycles. The number of para-hydroxylation sites is 1. The Morgan fingerprint density at radius 2 is 1.80 bits per heavy atom. The van der Waals surface area contributed by atoms with E-state index in [0.29, 0.717) is 43.6 Å². The van der Waals surface area contributed by atoms with E-state index < -0.39 is 10.8 Å². The Kier molecular flexibility index (Phi) is 11.5. The van der Waals surface area contributed by atoms with Crippen LogP contribution in [0.1, 0.15) is 10.4 Å². The molecule has 0 heterocycles. The van der Waals surface area contributed by atoms with Gasteiger partial charge < -0.3 is 15.1 Å². The van der Waals surface area contributed by atoms with Gasteiger partial charge in [-0.25, -0.2) is 0 Å². The Balaban J connectivity index is 0.00000576. The number of hydrogen-bond donors (Lipinski definition) is 1. The van der Waals surface area contributed by atoms with E-state index >= 15 is 0 Å². The molecule has 25 heavy (non-hydrogen) atoms. The number of alkyl halides is 2. The summed E-state index contributed by atoms with van der Waals surface area (Å²) in [5.74, 6) is 0.128. The minimum atomic E-state index is -0.536. The van der Waals surface area contributed by atoms with Crippen molar-refractivity contribution < 1.29 is 9.72 Å². The average Bonchev–Trinajstić information content (AvgIpc) is 2.53. The lowest BCUT2D eigenvalue weighted by molar-refractivity contribution is -0.384. The number of amides is 1. The van der Waals surface area contributed by atoms with Crippen molar-refractivity contribution in [2.45, 2.75) is 0 Å². The van der Waals surface area contributed by atoms with Gasteiger partial charge in [0, 0.05) is 37.9 Å². The number of nitrogens with one attached hydrogen (secondary N) is 1. The van der Waals surface area contributed by atoms with E-state index in [9.17, 15) is 14.9 Å². The van der Waals surface area contributed by atoms with Crippen LogP contribution < -0.4 is 10.2 Å². The quantitative estimate of drug-likeness (QED) is 0.362. The molecule has 1 N–H and O–H groups in total. The van der Waals surface area contributed by atoms with Crippen LogP contribution >= 0.6 is 35.6 Å². The maximum atomic E-state index is 12.3. The maximum absolute atomic E-state index is 12.3. The molecule has 0 atom stereocenters. The number of rotatable bonds is 10. The van der Waals surface area contributed by atoms with Gasteiger partial charge in [0.1, 0.15) is 11.3 Å². The number of benzene rings is 1. The largest absolute Gasteiger partial charge is 0.364 e. The molecule has 0 aliphatic rings. The molecule has 1 aromatic carbocycles. The zero-order valence-electron chi connectivity index (χ0n) is 14.2. The van der Waals surface area contributed by atoms with Gasteiger partial charge in [-0.1, -0.05) is 6.07 Å². The SMILES string of the molecule is CN(C)CCNC(=O)c1cccc(N(CCCl)CCCl)c1[N+](=O)[O-].Cl. The Labute approximate surface area is 163 Å². The molecule has 1 amide bonds. The summed E-state index contributed by atoms with van der Waals surface area (Å²) >= 11 is 11.6. The highest BCUT2D eigenvalue weighted by Gasteiger charge is 2.27. The number of likely N-dealkylation sites (N-methyl/N-ethyl adjacent to an activating group) is 1. The number of nitrogens with zero attached hydrogens (tertiary/aromatic N) is 3. The van der Waals surface area contributed by atoms with Crippen molar-refractivity contribution in [1.29, 1.82) is 0 Å². The highest BCUT2D eigenvalue weighted by molar-refractivity contribution is 6.18. The second-order valence-electron chi connectivity index (χ2n) is 5.35. The van der Waals surface area contributed by atoms with Crippen molar-refractivity contribution in [3.05, 3.63) is 33.9 Å². The molecular formula is C15H23Cl3N4O3. The molecule has 0 unspecified atom stereocenters. The minimum absolute atomic E-state index is 0. The molecule has 0 radical (unpaired) electrons. The number of anilines is 1. The van der Waals surface area contributed by atoms with Gasteiger partial charge in [0.15, 0.2) is 0 Å². The van der Waals surface area contributed by atoms with Crippen LogP contribution in [-0.4, -0.2) is 67.8 Å². The molecule has 1 aromatic rings. The van der Waals surface area contributed by atoms with Gasteiger partial charge in [-0.2, -0.15) is 0 Å². The van der Waals surface area contributed by atoms with Gasteiger partial charge in [0.2, 0.25) is 0 Å². The lowest BCUT2D eigenvalue weighted by atomic mass is 10.1. The Hall–Kier alpha value is -1.28. The summed E-state index contributed by atoms with van der Waals surface area (Å²) in [5, 5.41) is 14.3. The lowest BCUT2D eigenvalue weighted by Gasteiger charge is -2.23. The van der Waals surface area contributed by atoms with Crippen LogP contribution in [0.5, 0.6) is 0 Å². The standard InChI is InChI=1S/C15H22Cl2N4O3.ClH/c1-19(2)11-8-18-15(22)12-4-3-5-13(14(12)21(23)24)20(9-6-16)10-7-17;/h3-5H,6-11H2,1-2H3,(H,18,22);1H. The summed E-state index contributed by atoms with van der Waals surface area (Å²) in [6.45, 7) is 1.85. The van der Waals surface area contributed by atoms with Gasteiger partial charge in [0.25, 0.3) is 5.91 Å². The highest BCUT2D eigenvalue weighted by atomic mass is 35.5. The topological polar surface area (TPSA) is 78.7 Å². The van der Waals surface area contributed by atoms with E-state index in [-0.39, 0.29) is 23.7 Å². The molecule has 1 rings (SSSR count). The third-order valence-electron chi connectivity index (χ3n) is 3.34. The minimum Gasteiger partial charge on any atom is -0.364 e. The smallest absolute Gasteiger partial charge is 0.305 e. The second kappa shape index (κ2) is 12.1. The third-order valence-corrected chi connectivity index (χ3v) is 3.67. The monoisotopic (exact) mass is 412 g/mol. The summed E-state index contributed by atoms with van der Waals surface area (Å²) in [4.78, 5) is 27.0. The molecule has 0 spiro atoms. The first-order chi connectivity index (χ1) is 11.4. The molecule has 0 aliphatic heterocycles. The van der Waals surface area contributed by atoms with Gasteiger partial charge in [-0.15, -0.1) is 35.6 Å².